The summed E-state index contributed by atoms with van der Waals surface area (Å²) in [5, 5.41) is 10.3. The molecule has 1 heterocycles. The molecule has 1 aromatic heterocycles. The van der Waals surface area contributed by atoms with Crippen LogP contribution in [0.4, 0.5) is 19.0 Å². The van der Waals surface area contributed by atoms with E-state index in [-0.39, 0.29) is 11.5 Å². The lowest BCUT2D eigenvalue weighted by Crippen LogP contribution is -2.09. The largest absolute Gasteiger partial charge is 0.421 e. The molecule has 0 aliphatic heterocycles. The van der Waals surface area contributed by atoms with Crippen molar-refractivity contribution >= 4 is 5.82 Å². The van der Waals surface area contributed by atoms with Crippen molar-refractivity contribution in [2.45, 2.75) is 13.1 Å². The van der Waals surface area contributed by atoms with E-state index in [1.807, 2.05) is 0 Å². The zero-order chi connectivity index (χ0) is 11.6. The van der Waals surface area contributed by atoms with Gasteiger partial charge in [0.1, 0.15) is 5.56 Å². The third-order valence-electron chi connectivity index (χ3n) is 1.76. The van der Waals surface area contributed by atoms with Crippen LogP contribution in [0.2, 0.25) is 0 Å². The van der Waals surface area contributed by atoms with Crippen molar-refractivity contribution in [2.75, 3.05) is 12.5 Å². The molecular formula is C7H10F3N5. The molecule has 0 aromatic carbocycles. The molecule has 15 heavy (non-hydrogen) atoms. The van der Waals surface area contributed by atoms with Crippen LogP contribution in [0.15, 0.2) is 10.3 Å². The third-order valence-corrected chi connectivity index (χ3v) is 1.76. The first-order valence-corrected chi connectivity index (χ1v) is 4.03. The number of aromatic nitrogens is 2. The zero-order valence-electron chi connectivity index (χ0n) is 8.42. The number of aryl methyl sites for hydroxylation is 2. The molecule has 1 rings (SSSR count). The molecular weight excluding hydrogens is 211 g/mol. The first kappa shape index (κ1) is 11.5. The van der Waals surface area contributed by atoms with Crippen LogP contribution in [0.1, 0.15) is 11.3 Å². The molecule has 0 spiro atoms. The van der Waals surface area contributed by atoms with Gasteiger partial charge in [0, 0.05) is 7.05 Å². The summed E-state index contributed by atoms with van der Waals surface area (Å²) in [6, 6.07) is 0. The monoisotopic (exact) mass is 221 g/mol. The maximum Gasteiger partial charge on any atom is 0.421 e. The minimum atomic E-state index is -4.45. The maximum atomic E-state index is 12.6. The summed E-state index contributed by atoms with van der Waals surface area (Å²) < 4.78 is 38.8. The number of rotatable bonds is 2. The third kappa shape index (κ3) is 2.25. The van der Waals surface area contributed by atoms with Gasteiger partial charge < -0.3 is 0 Å². The summed E-state index contributed by atoms with van der Waals surface area (Å²) in [5.74, 6) is -0.217. The molecule has 0 aliphatic rings. The number of halogens is 3. The minimum Gasteiger partial charge on any atom is -0.251 e. The summed E-state index contributed by atoms with van der Waals surface area (Å²) in [6.45, 7) is 1.29. The number of nitrogens with one attached hydrogen (secondary N) is 1. The van der Waals surface area contributed by atoms with E-state index in [1.54, 1.807) is 0 Å². The van der Waals surface area contributed by atoms with Crippen molar-refractivity contribution in [2.24, 2.45) is 17.4 Å². The molecule has 0 atom stereocenters. The van der Waals surface area contributed by atoms with Gasteiger partial charge in [0.05, 0.1) is 12.7 Å². The highest BCUT2D eigenvalue weighted by molar-refractivity contribution is 5.48. The lowest BCUT2D eigenvalue weighted by Gasteiger charge is -2.07. The SMILES string of the molecule is CN=NNc1c(C(F)(F)F)c(C)nn1C. The predicted molar refractivity (Wildman–Crippen MR) is 47.3 cm³/mol. The van der Waals surface area contributed by atoms with E-state index < -0.39 is 11.7 Å². The average molecular weight is 221 g/mol. The van der Waals surface area contributed by atoms with Crippen molar-refractivity contribution in [3.05, 3.63) is 11.3 Å². The van der Waals surface area contributed by atoms with Crippen LogP contribution in [-0.2, 0) is 13.2 Å². The van der Waals surface area contributed by atoms with E-state index in [9.17, 15) is 13.2 Å². The van der Waals surface area contributed by atoms with Gasteiger partial charge in [-0.2, -0.15) is 23.4 Å². The van der Waals surface area contributed by atoms with Gasteiger partial charge in [-0.05, 0) is 6.92 Å². The van der Waals surface area contributed by atoms with Gasteiger partial charge in [-0.15, -0.1) is 0 Å². The molecule has 0 saturated heterocycles. The van der Waals surface area contributed by atoms with Crippen LogP contribution >= 0.6 is 0 Å². The highest BCUT2D eigenvalue weighted by Gasteiger charge is 2.38. The van der Waals surface area contributed by atoms with Crippen molar-refractivity contribution in [1.29, 1.82) is 0 Å². The van der Waals surface area contributed by atoms with Gasteiger partial charge in [0.15, 0.2) is 5.82 Å². The molecule has 84 valence electrons. The Bertz CT molecular complexity index is 379. The zero-order valence-corrected chi connectivity index (χ0v) is 8.42. The first-order valence-electron chi connectivity index (χ1n) is 4.03. The fourth-order valence-corrected chi connectivity index (χ4v) is 1.22. The summed E-state index contributed by atoms with van der Waals surface area (Å²) in [5.41, 5.74) is 1.28. The Morgan fingerprint density at radius 2 is 2.00 bits per heavy atom. The summed E-state index contributed by atoms with van der Waals surface area (Å²) in [7, 11) is 2.75. The van der Waals surface area contributed by atoms with E-state index in [4.69, 9.17) is 0 Å². The Balaban J connectivity index is 3.23. The molecule has 0 radical (unpaired) electrons. The molecule has 5 nitrogen and oxygen atoms in total. The van der Waals surface area contributed by atoms with E-state index in [2.05, 4.69) is 20.9 Å². The molecule has 0 bridgehead atoms. The quantitative estimate of drug-likeness (QED) is 0.614. The number of hydrogen-bond donors (Lipinski definition) is 1. The Morgan fingerprint density at radius 1 is 1.40 bits per heavy atom. The number of hydrogen-bond acceptors (Lipinski definition) is 3. The van der Waals surface area contributed by atoms with Gasteiger partial charge >= 0.3 is 6.18 Å². The Morgan fingerprint density at radius 3 is 2.47 bits per heavy atom. The second-order valence-corrected chi connectivity index (χ2v) is 2.84. The van der Waals surface area contributed by atoms with E-state index in [0.717, 1.165) is 4.68 Å². The topological polar surface area (TPSA) is 54.6 Å². The summed E-state index contributed by atoms with van der Waals surface area (Å²) in [6.07, 6.45) is -4.45. The summed E-state index contributed by atoms with van der Waals surface area (Å²) in [4.78, 5) is 0. The van der Waals surface area contributed by atoms with Gasteiger partial charge in [-0.25, -0.2) is 5.43 Å². The number of nitrogens with zero attached hydrogens (tertiary/aromatic N) is 4. The molecule has 8 heteroatoms. The maximum absolute atomic E-state index is 12.6. The fraction of sp³-hybridized carbons (Fsp3) is 0.571. The molecule has 0 unspecified atom stereocenters. The van der Waals surface area contributed by atoms with E-state index in [0.29, 0.717) is 0 Å². The Hall–Kier alpha value is -1.60. The molecule has 1 N–H and O–H groups in total. The highest BCUT2D eigenvalue weighted by atomic mass is 19.4. The molecule has 0 saturated carbocycles. The molecule has 1 aromatic rings. The highest BCUT2D eigenvalue weighted by Crippen LogP contribution is 2.36. The second-order valence-electron chi connectivity index (χ2n) is 2.84. The smallest absolute Gasteiger partial charge is 0.251 e. The van der Waals surface area contributed by atoms with Gasteiger partial charge in [0.25, 0.3) is 0 Å². The lowest BCUT2D eigenvalue weighted by molar-refractivity contribution is -0.137. The normalized spacial score (nSPS) is 12.4. The second kappa shape index (κ2) is 3.87. The van der Waals surface area contributed by atoms with Crippen molar-refractivity contribution in [3.63, 3.8) is 0 Å². The van der Waals surface area contributed by atoms with Crippen LogP contribution < -0.4 is 5.43 Å². The minimum absolute atomic E-state index is 0.0983. The van der Waals surface area contributed by atoms with Crippen molar-refractivity contribution in [3.8, 4) is 0 Å². The van der Waals surface area contributed by atoms with Crippen LogP contribution in [-0.4, -0.2) is 16.8 Å². The first-order chi connectivity index (χ1) is 6.88. The van der Waals surface area contributed by atoms with Crippen molar-refractivity contribution < 1.29 is 13.2 Å². The molecule has 0 aliphatic carbocycles. The molecule has 0 amide bonds. The van der Waals surface area contributed by atoms with E-state index >= 15 is 0 Å². The predicted octanol–water partition coefficient (Wildman–Crippen LogP) is 2.16. The van der Waals surface area contributed by atoms with Crippen LogP contribution in [0, 0.1) is 6.92 Å². The fourth-order valence-electron chi connectivity index (χ4n) is 1.22. The number of alkyl halides is 3. The standard InChI is InChI=1S/C7H10F3N5/c1-4-5(7(8,9)10)6(12-14-11-2)15(3)13-4/h1-3H3,(H,11,12). The van der Waals surface area contributed by atoms with Crippen LogP contribution in [0.3, 0.4) is 0 Å². The Labute approximate surface area is 84.0 Å². The van der Waals surface area contributed by atoms with Crippen molar-refractivity contribution in [1.82, 2.24) is 9.78 Å². The summed E-state index contributed by atoms with van der Waals surface area (Å²) >= 11 is 0. The molecule has 0 fully saturated rings. The van der Waals surface area contributed by atoms with Gasteiger partial charge in [0.2, 0.25) is 0 Å². The van der Waals surface area contributed by atoms with E-state index in [1.165, 1.54) is 21.0 Å². The van der Waals surface area contributed by atoms with Gasteiger partial charge in [-0.1, -0.05) is 5.22 Å². The number of anilines is 1. The van der Waals surface area contributed by atoms with Crippen LogP contribution in [0.5, 0.6) is 0 Å². The van der Waals surface area contributed by atoms with Crippen LogP contribution in [0.25, 0.3) is 0 Å². The van der Waals surface area contributed by atoms with Gasteiger partial charge in [-0.3, -0.25) is 4.68 Å². The average Bonchev–Trinajstić information content (AvgIpc) is 2.36. The lowest BCUT2D eigenvalue weighted by atomic mass is 10.2. The Kier molecular flexibility index (Phi) is 2.96.